The van der Waals surface area contributed by atoms with E-state index in [0.717, 1.165) is 16.6 Å². The van der Waals surface area contributed by atoms with E-state index < -0.39 is 0 Å². The fourth-order valence-corrected chi connectivity index (χ4v) is 2.83. The maximum absolute atomic E-state index is 12.9. The molecule has 0 atom stereocenters. The molecule has 1 aromatic carbocycles. The van der Waals surface area contributed by atoms with Gasteiger partial charge >= 0.3 is 0 Å². The third kappa shape index (κ3) is 2.78. The summed E-state index contributed by atoms with van der Waals surface area (Å²) in [6, 6.07) is 14.8. The summed E-state index contributed by atoms with van der Waals surface area (Å²) in [5.74, 6) is 1.05. The summed E-state index contributed by atoms with van der Waals surface area (Å²) in [5.41, 5.74) is 2.74. The van der Waals surface area contributed by atoms with Crippen molar-refractivity contribution < 1.29 is 9.21 Å². The predicted molar refractivity (Wildman–Crippen MR) is 95.3 cm³/mol. The van der Waals surface area contributed by atoms with E-state index in [9.17, 15) is 4.79 Å². The number of fused-ring (bicyclic) bond motifs is 1. The average Bonchev–Trinajstić information content (AvgIpc) is 3.24. The minimum atomic E-state index is -0.214. The third-order valence-corrected chi connectivity index (χ3v) is 3.98. The maximum atomic E-state index is 12.9. The number of benzene rings is 1. The summed E-state index contributed by atoms with van der Waals surface area (Å²) in [5, 5.41) is 7.95. The van der Waals surface area contributed by atoms with E-state index in [1.165, 1.54) is 0 Å². The largest absolute Gasteiger partial charge is 0.463 e. The highest BCUT2D eigenvalue weighted by atomic mass is 16.3. The lowest BCUT2D eigenvalue weighted by molar-refractivity contribution is 0.102. The van der Waals surface area contributed by atoms with Crippen molar-refractivity contribution in [2.24, 2.45) is 7.05 Å². The summed E-state index contributed by atoms with van der Waals surface area (Å²) >= 11 is 0. The topological polar surface area (TPSA) is 73.0 Å². The van der Waals surface area contributed by atoms with Gasteiger partial charge in [-0.25, -0.2) is 4.98 Å². The summed E-state index contributed by atoms with van der Waals surface area (Å²) < 4.78 is 7.08. The predicted octanol–water partition coefficient (Wildman–Crippen LogP) is 3.79. The van der Waals surface area contributed by atoms with Crippen LogP contribution >= 0.6 is 0 Å². The molecule has 0 saturated carbocycles. The Labute approximate surface area is 144 Å². The molecular formula is C19H16N4O2. The van der Waals surface area contributed by atoms with Gasteiger partial charge in [-0.15, -0.1) is 0 Å². The van der Waals surface area contributed by atoms with Gasteiger partial charge in [-0.3, -0.25) is 9.48 Å². The standard InChI is InChI=1S/C19H16N4O2/c1-12-10-18(23(2)22-12)21-19(24)14-11-16(17-8-5-9-25-17)20-15-7-4-3-6-13(14)15/h3-11H,1-2H3,(H,21,24). The lowest BCUT2D eigenvalue weighted by Crippen LogP contribution is -2.15. The number of aromatic nitrogens is 3. The zero-order valence-corrected chi connectivity index (χ0v) is 13.9. The molecule has 0 aliphatic rings. The molecule has 4 rings (SSSR count). The molecule has 1 N–H and O–H groups in total. The number of furan rings is 1. The summed E-state index contributed by atoms with van der Waals surface area (Å²) in [6.07, 6.45) is 1.59. The molecule has 0 saturated heterocycles. The number of pyridine rings is 1. The number of aryl methyl sites for hydroxylation is 2. The number of carbonyl (C=O) groups is 1. The number of nitrogens with one attached hydrogen (secondary N) is 1. The van der Waals surface area contributed by atoms with E-state index in [-0.39, 0.29) is 5.91 Å². The molecular weight excluding hydrogens is 316 g/mol. The quantitative estimate of drug-likeness (QED) is 0.619. The first-order chi connectivity index (χ1) is 12.1. The number of nitrogens with zero attached hydrogens (tertiary/aromatic N) is 3. The molecule has 0 unspecified atom stereocenters. The van der Waals surface area contributed by atoms with Crippen molar-refractivity contribution in [1.82, 2.24) is 14.8 Å². The Hall–Kier alpha value is -3.41. The number of para-hydroxylation sites is 1. The van der Waals surface area contributed by atoms with Crippen LogP contribution in [0.2, 0.25) is 0 Å². The van der Waals surface area contributed by atoms with Crippen LogP contribution in [0, 0.1) is 6.92 Å². The molecule has 6 nitrogen and oxygen atoms in total. The molecule has 25 heavy (non-hydrogen) atoms. The Kier molecular flexibility index (Phi) is 3.57. The summed E-state index contributed by atoms with van der Waals surface area (Å²) in [6.45, 7) is 1.88. The number of anilines is 1. The number of rotatable bonds is 3. The number of hydrogen-bond donors (Lipinski definition) is 1. The Bertz CT molecular complexity index is 1060. The first kappa shape index (κ1) is 15.1. The minimum Gasteiger partial charge on any atom is -0.463 e. The van der Waals surface area contributed by atoms with E-state index in [2.05, 4.69) is 15.4 Å². The second-order valence-electron chi connectivity index (χ2n) is 5.80. The average molecular weight is 332 g/mol. The van der Waals surface area contributed by atoms with Crippen molar-refractivity contribution in [2.45, 2.75) is 6.92 Å². The SMILES string of the molecule is Cc1cc(NC(=O)c2cc(-c3ccco3)nc3ccccc23)n(C)n1. The number of amides is 1. The summed E-state index contributed by atoms with van der Waals surface area (Å²) in [4.78, 5) is 17.5. The molecule has 0 aliphatic heterocycles. The van der Waals surface area contributed by atoms with E-state index in [1.54, 1.807) is 30.1 Å². The Morgan fingerprint density at radius 2 is 2.00 bits per heavy atom. The molecule has 4 aromatic rings. The highest BCUT2D eigenvalue weighted by Crippen LogP contribution is 2.26. The lowest BCUT2D eigenvalue weighted by Gasteiger charge is -2.09. The van der Waals surface area contributed by atoms with Crippen molar-refractivity contribution in [3.8, 4) is 11.5 Å². The molecule has 0 fully saturated rings. The van der Waals surface area contributed by atoms with Gasteiger partial charge < -0.3 is 9.73 Å². The first-order valence-electron chi connectivity index (χ1n) is 7.87. The highest BCUT2D eigenvalue weighted by molar-refractivity contribution is 6.12. The van der Waals surface area contributed by atoms with Crippen molar-refractivity contribution >= 4 is 22.6 Å². The van der Waals surface area contributed by atoms with Gasteiger partial charge in [0.05, 0.1) is 23.0 Å². The number of carbonyl (C=O) groups excluding carboxylic acids is 1. The van der Waals surface area contributed by atoms with Crippen LogP contribution in [0.3, 0.4) is 0 Å². The van der Waals surface area contributed by atoms with E-state index in [4.69, 9.17) is 4.42 Å². The van der Waals surface area contributed by atoms with Gasteiger partial charge in [0.1, 0.15) is 11.5 Å². The van der Waals surface area contributed by atoms with Gasteiger partial charge in [-0.2, -0.15) is 5.10 Å². The smallest absolute Gasteiger partial charge is 0.257 e. The van der Waals surface area contributed by atoms with Crippen LogP contribution in [0.5, 0.6) is 0 Å². The molecule has 3 aromatic heterocycles. The van der Waals surface area contributed by atoms with Crippen LogP contribution in [0.25, 0.3) is 22.4 Å². The van der Waals surface area contributed by atoms with E-state index in [1.807, 2.05) is 43.3 Å². The molecule has 1 amide bonds. The van der Waals surface area contributed by atoms with E-state index >= 15 is 0 Å². The van der Waals surface area contributed by atoms with Crippen LogP contribution in [-0.4, -0.2) is 20.7 Å². The molecule has 0 aliphatic carbocycles. The fraction of sp³-hybridized carbons (Fsp3) is 0.105. The van der Waals surface area contributed by atoms with Gasteiger partial charge in [0.25, 0.3) is 5.91 Å². The number of hydrogen-bond acceptors (Lipinski definition) is 4. The second kappa shape index (κ2) is 5.90. The van der Waals surface area contributed by atoms with Crippen molar-refractivity contribution in [1.29, 1.82) is 0 Å². The van der Waals surface area contributed by atoms with E-state index in [0.29, 0.717) is 22.8 Å². The molecule has 3 heterocycles. The maximum Gasteiger partial charge on any atom is 0.257 e. The van der Waals surface area contributed by atoms with Crippen LogP contribution in [0.4, 0.5) is 5.82 Å². The summed E-state index contributed by atoms with van der Waals surface area (Å²) in [7, 11) is 1.79. The van der Waals surface area contributed by atoms with Gasteiger partial charge in [-0.1, -0.05) is 18.2 Å². The molecule has 6 heteroatoms. The van der Waals surface area contributed by atoms with Crippen LogP contribution in [0.1, 0.15) is 16.1 Å². The third-order valence-electron chi connectivity index (χ3n) is 3.98. The fourth-order valence-electron chi connectivity index (χ4n) is 2.83. The Morgan fingerprint density at radius 3 is 2.72 bits per heavy atom. The van der Waals surface area contributed by atoms with Crippen molar-refractivity contribution in [2.75, 3.05) is 5.32 Å². The van der Waals surface area contributed by atoms with Crippen LogP contribution in [-0.2, 0) is 7.05 Å². The van der Waals surface area contributed by atoms with Crippen LogP contribution in [0.15, 0.2) is 59.2 Å². The monoisotopic (exact) mass is 332 g/mol. The first-order valence-corrected chi connectivity index (χ1v) is 7.87. The van der Waals surface area contributed by atoms with Crippen molar-refractivity contribution in [3.63, 3.8) is 0 Å². The highest BCUT2D eigenvalue weighted by Gasteiger charge is 2.16. The molecule has 124 valence electrons. The zero-order valence-electron chi connectivity index (χ0n) is 13.9. The Morgan fingerprint density at radius 1 is 1.16 bits per heavy atom. The van der Waals surface area contributed by atoms with Crippen LogP contribution < -0.4 is 5.32 Å². The molecule has 0 radical (unpaired) electrons. The van der Waals surface area contributed by atoms with Gasteiger partial charge in [0, 0.05) is 18.5 Å². The van der Waals surface area contributed by atoms with Gasteiger partial charge in [0.2, 0.25) is 0 Å². The zero-order chi connectivity index (χ0) is 17.4. The Balaban J connectivity index is 1.82. The molecule has 0 bridgehead atoms. The van der Waals surface area contributed by atoms with Gasteiger partial charge in [0.15, 0.2) is 5.76 Å². The lowest BCUT2D eigenvalue weighted by atomic mass is 10.1. The normalized spacial score (nSPS) is 11.0. The van der Waals surface area contributed by atoms with Crippen molar-refractivity contribution in [3.05, 3.63) is 66.1 Å². The molecule has 0 spiro atoms. The van der Waals surface area contributed by atoms with Gasteiger partial charge in [-0.05, 0) is 31.2 Å². The minimum absolute atomic E-state index is 0.214. The second-order valence-corrected chi connectivity index (χ2v) is 5.80.